The Morgan fingerprint density at radius 1 is 1.40 bits per heavy atom. The molecule has 20 heavy (non-hydrogen) atoms. The summed E-state index contributed by atoms with van der Waals surface area (Å²) >= 11 is 0. The van der Waals surface area contributed by atoms with Crippen LogP contribution in [0.15, 0.2) is 21.6 Å². The molecule has 0 amide bonds. The molecule has 0 unspecified atom stereocenters. The molecule has 1 N–H and O–H groups in total. The Labute approximate surface area is 112 Å². The quantitative estimate of drug-likeness (QED) is 0.866. The first kappa shape index (κ1) is 16.5. The summed E-state index contributed by atoms with van der Waals surface area (Å²) in [6.07, 6.45) is -4.54. The Kier molecular flexibility index (Phi) is 4.81. The third-order valence-electron chi connectivity index (χ3n) is 2.21. The molecule has 0 bridgehead atoms. The molecule has 0 spiro atoms. The van der Waals surface area contributed by atoms with E-state index in [4.69, 9.17) is 5.11 Å². The van der Waals surface area contributed by atoms with Gasteiger partial charge in [-0.25, -0.2) is 13.2 Å². The number of nitrogens with zero attached hydrogens (tertiary/aromatic N) is 1. The third kappa shape index (κ3) is 3.97. The number of sulfonamides is 1. The fourth-order valence-electron chi connectivity index (χ4n) is 1.43. The van der Waals surface area contributed by atoms with Crippen molar-refractivity contribution in [3.8, 4) is 0 Å². The fraction of sp³-hybridized carbons (Fsp3) is 0.500. The van der Waals surface area contributed by atoms with Crippen LogP contribution in [0.5, 0.6) is 0 Å². The van der Waals surface area contributed by atoms with E-state index in [0.717, 1.165) is 12.1 Å². The maximum atomic E-state index is 12.4. The zero-order valence-electron chi connectivity index (χ0n) is 10.3. The minimum atomic E-state index is -4.70. The lowest BCUT2D eigenvalue weighted by molar-refractivity contribution is -0.136. The highest BCUT2D eigenvalue weighted by molar-refractivity contribution is 7.89. The van der Waals surface area contributed by atoms with Gasteiger partial charge in [-0.15, -0.1) is 0 Å². The third-order valence-corrected chi connectivity index (χ3v) is 3.93. The van der Waals surface area contributed by atoms with Crippen molar-refractivity contribution in [3.05, 3.63) is 17.9 Å². The molecule has 0 aliphatic rings. The zero-order valence-corrected chi connectivity index (χ0v) is 11.2. The summed E-state index contributed by atoms with van der Waals surface area (Å²) in [6, 6.07) is 1.69. The van der Waals surface area contributed by atoms with Gasteiger partial charge >= 0.3 is 12.1 Å². The molecule has 0 saturated heterocycles. The molecule has 114 valence electrons. The summed E-state index contributed by atoms with van der Waals surface area (Å²) in [4.78, 5) is 10.6. The van der Waals surface area contributed by atoms with E-state index in [0.29, 0.717) is 0 Å². The molecule has 0 aliphatic heterocycles. The lowest BCUT2D eigenvalue weighted by Gasteiger charge is -2.21. The summed E-state index contributed by atoms with van der Waals surface area (Å²) in [5.74, 6) is -2.17. The molecular weight excluding hydrogens is 303 g/mol. The van der Waals surface area contributed by atoms with Gasteiger partial charge in [0.25, 0.3) is 10.0 Å². The molecule has 10 heteroatoms. The van der Waals surface area contributed by atoms with E-state index in [9.17, 15) is 26.4 Å². The van der Waals surface area contributed by atoms with Crippen molar-refractivity contribution >= 4 is 16.0 Å². The van der Waals surface area contributed by atoms with Gasteiger partial charge in [0.05, 0.1) is 0 Å². The van der Waals surface area contributed by atoms with Crippen LogP contribution < -0.4 is 0 Å². The van der Waals surface area contributed by atoms with Crippen LogP contribution in [0, 0.1) is 0 Å². The Bertz CT molecular complexity index is 578. The molecule has 1 aromatic heterocycles. The molecule has 0 fully saturated rings. The molecule has 1 heterocycles. The van der Waals surface area contributed by atoms with E-state index in [-0.39, 0.29) is 17.3 Å². The zero-order chi connectivity index (χ0) is 15.6. The van der Waals surface area contributed by atoms with Crippen LogP contribution in [-0.4, -0.2) is 43.1 Å². The number of hydrogen-bond donors (Lipinski definition) is 1. The average molecular weight is 315 g/mol. The van der Waals surface area contributed by atoms with E-state index in [2.05, 4.69) is 4.42 Å². The predicted octanol–water partition coefficient (Wildman–Crippen LogP) is 1.94. The number of carboxylic acid groups (broad SMARTS) is 1. The van der Waals surface area contributed by atoms with Crippen molar-refractivity contribution in [2.45, 2.75) is 24.6 Å². The first-order valence-corrected chi connectivity index (χ1v) is 6.92. The van der Waals surface area contributed by atoms with E-state index in [1.54, 1.807) is 0 Å². The molecule has 0 aromatic carbocycles. The van der Waals surface area contributed by atoms with Crippen molar-refractivity contribution in [1.29, 1.82) is 0 Å². The molecular formula is C10H12F3NO5S. The van der Waals surface area contributed by atoms with Crippen molar-refractivity contribution in [2.75, 3.05) is 13.1 Å². The summed E-state index contributed by atoms with van der Waals surface area (Å²) in [5, 5.41) is 7.78. The van der Waals surface area contributed by atoms with Gasteiger partial charge in [-0.3, -0.25) is 0 Å². The lowest BCUT2D eigenvalue weighted by atomic mass is 10.5. The number of furan rings is 1. The Hall–Kier alpha value is -1.55. The molecule has 1 aromatic rings. The molecule has 1 rings (SSSR count). The molecule has 0 radical (unpaired) electrons. The highest BCUT2D eigenvalue weighted by Crippen LogP contribution is 2.24. The second-order valence-electron chi connectivity index (χ2n) is 3.88. The SMILES string of the molecule is CCCN(CC(F)(F)F)S(=O)(=O)c1ccc(C(=O)O)o1. The minimum absolute atomic E-state index is 0.168. The topological polar surface area (TPSA) is 87.8 Å². The number of carboxylic acids is 1. The number of alkyl halides is 3. The smallest absolute Gasteiger partial charge is 0.402 e. The normalized spacial score (nSPS) is 12.8. The summed E-state index contributed by atoms with van der Waals surface area (Å²) in [6.45, 7) is -0.499. The second kappa shape index (κ2) is 5.83. The number of hydrogen-bond acceptors (Lipinski definition) is 4. The predicted molar refractivity (Wildman–Crippen MR) is 60.8 cm³/mol. The van der Waals surface area contributed by atoms with Crippen molar-refractivity contribution in [2.24, 2.45) is 0 Å². The molecule has 0 saturated carbocycles. The van der Waals surface area contributed by atoms with Crippen LogP contribution in [-0.2, 0) is 10.0 Å². The van der Waals surface area contributed by atoms with Gasteiger partial charge in [0, 0.05) is 6.54 Å². The number of rotatable bonds is 6. The molecule has 0 atom stereocenters. The van der Waals surface area contributed by atoms with Gasteiger partial charge in [0.15, 0.2) is 0 Å². The fourth-order valence-corrected chi connectivity index (χ4v) is 2.86. The van der Waals surface area contributed by atoms with Gasteiger partial charge in [-0.1, -0.05) is 6.92 Å². The Balaban J connectivity index is 3.11. The van der Waals surface area contributed by atoms with E-state index in [1.165, 1.54) is 6.92 Å². The number of halogens is 3. The Morgan fingerprint density at radius 2 is 2.00 bits per heavy atom. The lowest BCUT2D eigenvalue weighted by Crippen LogP contribution is -2.39. The van der Waals surface area contributed by atoms with E-state index < -0.39 is 39.6 Å². The van der Waals surface area contributed by atoms with Crippen LogP contribution in [0.1, 0.15) is 23.9 Å². The van der Waals surface area contributed by atoms with Crippen LogP contribution in [0.4, 0.5) is 13.2 Å². The van der Waals surface area contributed by atoms with Gasteiger partial charge < -0.3 is 9.52 Å². The average Bonchev–Trinajstić information content (AvgIpc) is 2.76. The first-order chi connectivity index (χ1) is 9.08. The van der Waals surface area contributed by atoms with Crippen molar-refractivity contribution < 1.29 is 35.9 Å². The van der Waals surface area contributed by atoms with Crippen LogP contribution in [0.2, 0.25) is 0 Å². The van der Waals surface area contributed by atoms with Crippen molar-refractivity contribution in [3.63, 3.8) is 0 Å². The summed E-state index contributed by atoms with van der Waals surface area (Å²) in [5.41, 5.74) is 0. The highest BCUT2D eigenvalue weighted by Gasteiger charge is 2.38. The summed E-state index contributed by atoms with van der Waals surface area (Å²) < 4.78 is 65.8. The van der Waals surface area contributed by atoms with Crippen LogP contribution in [0.3, 0.4) is 0 Å². The van der Waals surface area contributed by atoms with Gasteiger partial charge in [0.2, 0.25) is 10.9 Å². The first-order valence-electron chi connectivity index (χ1n) is 5.48. The van der Waals surface area contributed by atoms with E-state index in [1.807, 2.05) is 0 Å². The molecule has 6 nitrogen and oxygen atoms in total. The standard InChI is InChI=1S/C10H12F3NO5S/c1-2-5-14(6-10(11,12)13)20(17,18)8-4-3-7(19-8)9(15)16/h3-4H,2,5-6H2,1H3,(H,15,16). The summed E-state index contributed by atoms with van der Waals surface area (Å²) in [7, 11) is -4.53. The largest absolute Gasteiger partial charge is 0.475 e. The van der Waals surface area contributed by atoms with Gasteiger partial charge in [-0.2, -0.15) is 17.5 Å². The Morgan fingerprint density at radius 3 is 2.40 bits per heavy atom. The maximum absolute atomic E-state index is 12.4. The monoisotopic (exact) mass is 315 g/mol. The number of carbonyl (C=O) groups is 1. The van der Waals surface area contributed by atoms with Gasteiger partial charge in [0.1, 0.15) is 6.54 Å². The maximum Gasteiger partial charge on any atom is 0.402 e. The minimum Gasteiger partial charge on any atom is -0.475 e. The van der Waals surface area contributed by atoms with Crippen LogP contribution in [0.25, 0.3) is 0 Å². The molecule has 0 aliphatic carbocycles. The van der Waals surface area contributed by atoms with E-state index >= 15 is 0 Å². The van der Waals surface area contributed by atoms with Gasteiger partial charge in [-0.05, 0) is 18.6 Å². The number of aromatic carboxylic acids is 1. The second-order valence-corrected chi connectivity index (χ2v) is 5.75. The van der Waals surface area contributed by atoms with Crippen molar-refractivity contribution in [1.82, 2.24) is 4.31 Å². The van der Waals surface area contributed by atoms with Crippen LogP contribution >= 0.6 is 0 Å². The highest BCUT2D eigenvalue weighted by atomic mass is 32.2.